The molecule has 2 aromatic carbocycles. The Kier molecular flexibility index (Phi) is 2.99. The van der Waals surface area contributed by atoms with Gasteiger partial charge in [0.1, 0.15) is 0 Å². The first-order valence-electron chi connectivity index (χ1n) is 5.11. The zero-order valence-corrected chi connectivity index (χ0v) is 8.81. The molecule has 2 N–H and O–H groups in total. The van der Waals surface area contributed by atoms with E-state index in [1.165, 1.54) is 16.3 Å². The van der Waals surface area contributed by atoms with Crippen LogP contribution in [0.25, 0.3) is 10.8 Å². The van der Waals surface area contributed by atoms with Crippen molar-refractivity contribution in [3.63, 3.8) is 0 Å². The molecule has 2 aromatic rings. The molecule has 2 heteroatoms. The van der Waals surface area contributed by atoms with Gasteiger partial charge in [-0.1, -0.05) is 49.4 Å². The molecule has 0 aromatic heterocycles. The third-order valence-corrected chi connectivity index (χ3v) is 2.69. The molecule has 0 aliphatic rings. The van der Waals surface area contributed by atoms with E-state index in [1.807, 2.05) is 0 Å². The molecular weight excluding hydrogens is 186 g/mol. The molecule has 0 bridgehead atoms. The van der Waals surface area contributed by atoms with E-state index < -0.39 is 0 Å². The summed E-state index contributed by atoms with van der Waals surface area (Å²) in [6.07, 6.45) is 0. The number of rotatable bonds is 3. The van der Waals surface area contributed by atoms with Crippen LogP contribution in [0.3, 0.4) is 0 Å². The molecule has 0 aliphatic carbocycles. The lowest BCUT2D eigenvalue weighted by atomic mass is 9.98. The number of hydrogen-bond acceptors (Lipinski definition) is 2. The summed E-state index contributed by atoms with van der Waals surface area (Å²) < 4.78 is 0. The van der Waals surface area contributed by atoms with Crippen molar-refractivity contribution in [2.24, 2.45) is 5.90 Å². The predicted molar refractivity (Wildman–Crippen MR) is 62.5 cm³/mol. The molecule has 0 saturated carbocycles. The average molecular weight is 201 g/mol. The summed E-state index contributed by atoms with van der Waals surface area (Å²) >= 11 is 0. The summed E-state index contributed by atoms with van der Waals surface area (Å²) in [6, 6.07) is 14.8. The van der Waals surface area contributed by atoms with Crippen molar-refractivity contribution < 1.29 is 4.84 Å². The Balaban J connectivity index is 2.38. The maximum absolute atomic E-state index is 5.08. The molecule has 1 atom stereocenters. The van der Waals surface area contributed by atoms with Crippen molar-refractivity contribution in [2.45, 2.75) is 12.8 Å². The van der Waals surface area contributed by atoms with Gasteiger partial charge in [-0.15, -0.1) is 0 Å². The molecule has 78 valence electrons. The molecule has 15 heavy (non-hydrogen) atoms. The first-order valence-corrected chi connectivity index (χ1v) is 5.11. The molecule has 0 amide bonds. The molecule has 0 fully saturated rings. The normalized spacial score (nSPS) is 12.9. The minimum absolute atomic E-state index is 0.333. The van der Waals surface area contributed by atoms with Crippen LogP contribution in [0.15, 0.2) is 42.5 Å². The highest BCUT2D eigenvalue weighted by molar-refractivity contribution is 5.83. The second-order valence-electron chi connectivity index (χ2n) is 3.84. The van der Waals surface area contributed by atoms with Crippen LogP contribution >= 0.6 is 0 Å². The van der Waals surface area contributed by atoms with Gasteiger partial charge in [0.15, 0.2) is 0 Å². The predicted octanol–water partition coefficient (Wildman–Crippen LogP) is 2.83. The summed E-state index contributed by atoms with van der Waals surface area (Å²) in [6.45, 7) is 2.66. The van der Waals surface area contributed by atoms with Crippen LogP contribution in [0.2, 0.25) is 0 Å². The van der Waals surface area contributed by atoms with Crippen molar-refractivity contribution in [3.05, 3.63) is 48.0 Å². The van der Waals surface area contributed by atoms with E-state index in [1.54, 1.807) is 0 Å². The quantitative estimate of drug-likeness (QED) is 0.775. The highest BCUT2D eigenvalue weighted by Crippen LogP contribution is 2.21. The highest BCUT2D eigenvalue weighted by Gasteiger charge is 2.05. The van der Waals surface area contributed by atoms with Gasteiger partial charge in [-0.3, -0.25) is 0 Å². The average Bonchev–Trinajstić information content (AvgIpc) is 2.29. The Morgan fingerprint density at radius 2 is 1.87 bits per heavy atom. The van der Waals surface area contributed by atoms with Crippen LogP contribution in [0.4, 0.5) is 0 Å². The summed E-state index contributed by atoms with van der Waals surface area (Å²) in [5.74, 6) is 5.41. The Morgan fingerprint density at radius 3 is 2.60 bits per heavy atom. The third kappa shape index (κ3) is 2.17. The van der Waals surface area contributed by atoms with Gasteiger partial charge in [0, 0.05) is 5.92 Å². The van der Waals surface area contributed by atoms with E-state index in [-0.39, 0.29) is 0 Å². The van der Waals surface area contributed by atoms with Crippen LogP contribution in [0.1, 0.15) is 18.4 Å². The second kappa shape index (κ2) is 4.43. The molecular formula is C13H15NO. The van der Waals surface area contributed by atoms with E-state index in [9.17, 15) is 0 Å². The minimum Gasteiger partial charge on any atom is -0.304 e. The maximum atomic E-state index is 5.08. The van der Waals surface area contributed by atoms with Crippen LogP contribution < -0.4 is 5.90 Å². The lowest BCUT2D eigenvalue weighted by Crippen LogP contribution is -2.08. The lowest BCUT2D eigenvalue weighted by molar-refractivity contribution is 0.126. The first kappa shape index (κ1) is 10.1. The van der Waals surface area contributed by atoms with Gasteiger partial charge in [-0.05, 0) is 16.3 Å². The van der Waals surface area contributed by atoms with Gasteiger partial charge in [0.05, 0.1) is 6.61 Å². The van der Waals surface area contributed by atoms with Crippen molar-refractivity contribution >= 4 is 10.8 Å². The SMILES string of the molecule is CC(CON)c1ccc2ccccc2c1. The summed E-state index contributed by atoms with van der Waals surface area (Å²) in [4.78, 5) is 4.67. The molecule has 2 rings (SSSR count). The van der Waals surface area contributed by atoms with E-state index in [4.69, 9.17) is 5.90 Å². The van der Waals surface area contributed by atoms with Crippen molar-refractivity contribution in [3.8, 4) is 0 Å². The van der Waals surface area contributed by atoms with Gasteiger partial charge >= 0.3 is 0 Å². The first-order chi connectivity index (χ1) is 7.31. The molecule has 2 nitrogen and oxygen atoms in total. The van der Waals surface area contributed by atoms with Gasteiger partial charge in [-0.25, -0.2) is 5.90 Å². The fraction of sp³-hybridized carbons (Fsp3) is 0.231. The van der Waals surface area contributed by atoms with Crippen molar-refractivity contribution in [2.75, 3.05) is 6.61 Å². The molecule has 0 radical (unpaired) electrons. The van der Waals surface area contributed by atoms with Gasteiger partial charge < -0.3 is 4.84 Å². The van der Waals surface area contributed by atoms with Gasteiger partial charge in [-0.2, -0.15) is 0 Å². The summed E-state index contributed by atoms with van der Waals surface area (Å²) in [5, 5.41) is 2.53. The Morgan fingerprint density at radius 1 is 1.13 bits per heavy atom. The Bertz CT molecular complexity index is 453. The van der Waals surface area contributed by atoms with Gasteiger partial charge in [0.2, 0.25) is 0 Å². The number of nitrogens with two attached hydrogens (primary N) is 1. The van der Waals surface area contributed by atoms with E-state index in [0.29, 0.717) is 12.5 Å². The van der Waals surface area contributed by atoms with E-state index in [2.05, 4.69) is 54.2 Å². The van der Waals surface area contributed by atoms with Crippen LogP contribution in [0, 0.1) is 0 Å². The number of benzene rings is 2. The lowest BCUT2D eigenvalue weighted by Gasteiger charge is -2.10. The maximum Gasteiger partial charge on any atom is 0.0745 e. The Hall–Kier alpha value is -1.38. The number of hydrogen-bond donors (Lipinski definition) is 1. The monoisotopic (exact) mass is 201 g/mol. The number of fused-ring (bicyclic) bond motifs is 1. The largest absolute Gasteiger partial charge is 0.304 e. The zero-order valence-electron chi connectivity index (χ0n) is 8.81. The Labute approximate surface area is 89.6 Å². The summed E-state index contributed by atoms with van der Waals surface area (Å²) in [7, 11) is 0. The molecule has 0 heterocycles. The highest BCUT2D eigenvalue weighted by atomic mass is 16.6. The smallest absolute Gasteiger partial charge is 0.0745 e. The molecule has 0 aliphatic heterocycles. The molecule has 0 spiro atoms. The zero-order chi connectivity index (χ0) is 10.7. The minimum atomic E-state index is 0.333. The van der Waals surface area contributed by atoms with Crippen LogP contribution in [-0.2, 0) is 4.84 Å². The standard InChI is InChI=1S/C13H15NO/c1-10(9-15-14)12-7-6-11-4-2-3-5-13(11)8-12/h2-8,10H,9,14H2,1H3. The molecule has 0 saturated heterocycles. The third-order valence-electron chi connectivity index (χ3n) is 2.69. The van der Waals surface area contributed by atoms with Crippen molar-refractivity contribution in [1.82, 2.24) is 0 Å². The van der Waals surface area contributed by atoms with E-state index >= 15 is 0 Å². The van der Waals surface area contributed by atoms with Gasteiger partial charge in [0.25, 0.3) is 0 Å². The van der Waals surface area contributed by atoms with Crippen molar-refractivity contribution in [1.29, 1.82) is 0 Å². The second-order valence-corrected chi connectivity index (χ2v) is 3.84. The van der Waals surface area contributed by atoms with Crippen LogP contribution in [0.5, 0.6) is 0 Å². The summed E-state index contributed by atoms with van der Waals surface area (Å²) in [5.41, 5.74) is 1.26. The fourth-order valence-corrected chi connectivity index (χ4v) is 1.75. The topological polar surface area (TPSA) is 35.2 Å². The fourth-order valence-electron chi connectivity index (χ4n) is 1.75. The van der Waals surface area contributed by atoms with E-state index in [0.717, 1.165) is 0 Å². The molecule has 1 unspecified atom stereocenters. The van der Waals surface area contributed by atoms with Crippen LogP contribution in [-0.4, -0.2) is 6.61 Å².